The molecule has 0 amide bonds. The first-order valence-electron chi connectivity index (χ1n) is 6.85. The average molecular weight is 325 g/mol. The minimum Gasteiger partial charge on any atom is -0.768 e. The minimum absolute atomic E-state index is 0.319. The lowest BCUT2D eigenvalue weighted by Gasteiger charge is -2.19. The van der Waals surface area contributed by atoms with Gasteiger partial charge in [0.15, 0.2) is 0 Å². The molecule has 0 fully saturated rings. The second kappa shape index (κ2) is 6.97. The second-order valence-electron chi connectivity index (χ2n) is 4.74. The molecule has 22 heavy (non-hydrogen) atoms. The Balaban J connectivity index is 2.08. The molecule has 3 rings (SSSR count). The molecule has 0 N–H and O–H groups in total. The van der Waals surface area contributed by atoms with Gasteiger partial charge < -0.3 is 4.55 Å². The molecule has 1 unspecified atom stereocenters. The van der Waals surface area contributed by atoms with Gasteiger partial charge in [0.1, 0.15) is 0 Å². The number of rotatable bonds is 4. The van der Waals surface area contributed by atoms with E-state index < -0.39 is 19.0 Å². The van der Waals surface area contributed by atoms with Crippen LogP contribution in [-0.4, -0.2) is 8.76 Å². The van der Waals surface area contributed by atoms with Gasteiger partial charge in [0.2, 0.25) is 0 Å². The van der Waals surface area contributed by atoms with E-state index in [4.69, 9.17) is 0 Å². The quantitative estimate of drug-likeness (QED) is 0.546. The van der Waals surface area contributed by atoms with Crippen LogP contribution in [0.25, 0.3) is 0 Å². The first kappa shape index (κ1) is 15.1. The van der Waals surface area contributed by atoms with Gasteiger partial charge in [-0.3, -0.25) is 4.21 Å². The lowest BCUT2D eigenvalue weighted by atomic mass is 10.3. The Morgan fingerprint density at radius 3 is 1.45 bits per heavy atom. The molecule has 0 aliphatic rings. The molecule has 0 aliphatic heterocycles. The molecule has 0 aromatic heterocycles. The van der Waals surface area contributed by atoms with E-state index in [1.807, 2.05) is 48.5 Å². The third-order valence-corrected chi connectivity index (χ3v) is 6.42. The fourth-order valence-corrected chi connectivity index (χ4v) is 4.95. The topological polar surface area (TPSA) is 40.1 Å². The van der Waals surface area contributed by atoms with E-state index in [2.05, 4.69) is 24.3 Å². The number of benzene rings is 3. The molecule has 4 heteroatoms. The highest BCUT2D eigenvalue weighted by atomic mass is 32.2. The van der Waals surface area contributed by atoms with E-state index in [0.717, 1.165) is 5.30 Å². The van der Waals surface area contributed by atoms with Crippen LogP contribution in [0.4, 0.5) is 0 Å². The lowest BCUT2D eigenvalue weighted by Crippen LogP contribution is -2.20. The fraction of sp³-hybridized carbons (Fsp3) is 0. The Morgan fingerprint density at radius 1 is 0.636 bits per heavy atom. The van der Waals surface area contributed by atoms with Crippen LogP contribution in [-0.2, 0) is 11.1 Å². The van der Waals surface area contributed by atoms with Gasteiger partial charge in [-0.15, -0.1) is 0 Å². The van der Waals surface area contributed by atoms with Crippen molar-refractivity contribution in [3.63, 3.8) is 0 Å². The minimum atomic E-state index is -2.18. The third kappa shape index (κ3) is 3.33. The predicted molar refractivity (Wildman–Crippen MR) is 92.3 cm³/mol. The van der Waals surface area contributed by atoms with Gasteiger partial charge >= 0.3 is 0 Å². The molecule has 0 bridgehead atoms. The van der Waals surface area contributed by atoms with Crippen molar-refractivity contribution >= 4 is 34.9 Å². The number of hydrogen-bond donors (Lipinski definition) is 0. The first-order valence-corrected chi connectivity index (χ1v) is 9.27. The van der Waals surface area contributed by atoms with Gasteiger partial charge in [-0.05, 0) is 47.0 Å². The summed E-state index contributed by atoms with van der Waals surface area (Å²) in [6.07, 6.45) is 0. The van der Waals surface area contributed by atoms with Crippen molar-refractivity contribution < 1.29 is 8.76 Å². The molecule has 3 aromatic rings. The summed E-state index contributed by atoms with van der Waals surface area (Å²) < 4.78 is 22.1. The average Bonchev–Trinajstić information content (AvgIpc) is 2.57. The Labute approximate surface area is 133 Å². The zero-order valence-electron chi connectivity index (χ0n) is 11.8. The summed E-state index contributed by atoms with van der Waals surface area (Å²) in [5.74, 6) is 0. The van der Waals surface area contributed by atoms with Crippen molar-refractivity contribution in [2.24, 2.45) is 0 Å². The van der Waals surface area contributed by atoms with E-state index >= 15 is 0 Å². The summed E-state index contributed by atoms with van der Waals surface area (Å²) in [5, 5.41) is 3.64. The van der Waals surface area contributed by atoms with E-state index in [0.29, 0.717) is 4.90 Å². The highest BCUT2D eigenvalue weighted by Crippen LogP contribution is 2.32. The van der Waals surface area contributed by atoms with Crippen LogP contribution in [0.2, 0.25) is 0 Å². The SMILES string of the molecule is O=S([O-])c1ccc(P(c2ccccc2)c2ccccc2)cc1. The van der Waals surface area contributed by atoms with Crippen LogP contribution >= 0.6 is 7.92 Å². The standard InChI is InChI=1S/C18H15O2PS/c19-22(20)18-13-11-17(12-14-18)21(15-7-3-1-4-8-15)16-9-5-2-6-10-16/h1-14H,(H,19,20)/p-1. The summed E-state index contributed by atoms with van der Waals surface area (Å²) >= 11 is -2.18. The molecule has 0 saturated carbocycles. The molecule has 1 atom stereocenters. The molecular formula is C18H14O2PS-. The molecule has 0 aliphatic carbocycles. The molecule has 0 spiro atoms. The highest BCUT2D eigenvalue weighted by Gasteiger charge is 2.15. The largest absolute Gasteiger partial charge is 0.768 e. The molecule has 0 saturated heterocycles. The lowest BCUT2D eigenvalue weighted by molar-refractivity contribution is 0.537. The molecule has 2 nitrogen and oxygen atoms in total. The first-order chi connectivity index (χ1) is 10.8. The second-order valence-corrected chi connectivity index (χ2v) is 7.90. The Bertz CT molecular complexity index is 719. The van der Waals surface area contributed by atoms with Crippen molar-refractivity contribution in [3.05, 3.63) is 84.9 Å². The predicted octanol–water partition coefficient (Wildman–Crippen LogP) is 2.68. The van der Waals surface area contributed by atoms with Crippen LogP contribution < -0.4 is 15.9 Å². The third-order valence-electron chi connectivity index (χ3n) is 3.32. The van der Waals surface area contributed by atoms with Crippen molar-refractivity contribution in [1.29, 1.82) is 0 Å². The van der Waals surface area contributed by atoms with Crippen molar-refractivity contribution in [2.75, 3.05) is 0 Å². The molecule has 3 aromatic carbocycles. The van der Waals surface area contributed by atoms with Crippen LogP contribution in [0.15, 0.2) is 89.8 Å². The van der Waals surface area contributed by atoms with Crippen LogP contribution in [0.1, 0.15) is 0 Å². The van der Waals surface area contributed by atoms with E-state index in [9.17, 15) is 8.76 Å². The smallest absolute Gasteiger partial charge is 0.0249 e. The maximum absolute atomic E-state index is 11.0. The van der Waals surface area contributed by atoms with Crippen molar-refractivity contribution in [2.45, 2.75) is 4.90 Å². The summed E-state index contributed by atoms with van der Waals surface area (Å²) in [4.78, 5) is 0.319. The fourth-order valence-electron chi connectivity index (χ4n) is 2.31. The summed E-state index contributed by atoms with van der Waals surface area (Å²) in [7, 11) is -0.679. The maximum Gasteiger partial charge on any atom is 0.0249 e. The molecular weight excluding hydrogens is 311 g/mol. The van der Waals surface area contributed by atoms with Gasteiger partial charge in [0.25, 0.3) is 0 Å². The molecule has 110 valence electrons. The molecule has 0 heterocycles. The zero-order valence-corrected chi connectivity index (χ0v) is 13.5. The number of hydrogen-bond acceptors (Lipinski definition) is 2. The zero-order chi connectivity index (χ0) is 15.4. The van der Waals surface area contributed by atoms with Gasteiger partial charge in [0.05, 0.1) is 0 Å². The van der Waals surface area contributed by atoms with Crippen LogP contribution in [0.3, 0.4) is 0 Å². The Hall–Kier alpha value is -1.80. The van der Waals surface area contributed by atoms with Gasteiger partial charge in [-0.25, -0.2) is 0 Å². The van der Waals surface area contributed by atoms with Gasteiger partial charge in [-0.1, -0.05) is 72.8 Å². The van der Waals surface area contributed by atoms with E-state index in [-0.39, 0.29) is 0 Å². The summed E-state index contributed by atoms with van der Waals surface area (Å²) in [5.41, 5.74) is 0. The normalized spacial score (nSPS) is 12.3. The van der Waals surface area contributed by atoms with Gasteiger partial charge in [-0.2, -0.15) is 0 Å². The Morgan fingerprint density at radius 2 is 1.05 bits per heavy atom. The van der Waals surface area contributed by atoms with E-state index in [1.165, 1.54) is 10.6 Å². The van der Waals surface area contributed by atoms with Crippen molar-refractivity contribution in [3.8, 4) is 0 Å². The maximum atomic E-state index is 11.0. The monoisotopic (exact) mass is 325 g/mol. The highest BCUT2D eigenvalue weighted by molar-refractivity contribution is 7.80. The van der Waals surface area contributed by atoms with Crippen LogP contribution in [0, 0.1) is 0 Å². The van der Waals surface area contributed by atoms with Crippen LogP contribution in [0.5, 0.6) is 0 Å². The Kier molecular flexibility index (Phi) is 4.79. The van der Waals surface area contributed by atoms with E-state index in [1.54, 1.807) is 12.1 Å². The molecule has 0 radical (unpaired) electrons. The summed E-state index contributed by atoms with van der Waals surface area (Å²) in [6.45, 7) is 0. The van der Waals surface area contributed by atoms with Gasteiger partial charge in [0, 0.05) is 4.90 Å². The summed E-state index contributed by atoms with van der Waals surface area (Å²) in [6, 6.07) is 27.8. The van der Waals surface area contributed by atoms with Crippen molar-refractivity contribution in [1.82, 2.24) is 0 Å².